The van der Waals surface area contributed by atoms with Gasteiger partial charge in [-0.05, 0) is 31.5 Å². The van der Waals surface area contributed by atoms with Crippen molar-refractivity contribution in [2.45, 2.75) is 26.2 Å². The van der Waals surface area contributed by atoms with Crippen molar-refractivity contribution in [3.63, 3.8) is 0 Å². The number of carbonyl (C=O) groups excluding carboxylic acids is 1. The molecule has 1 N–H and O–H groups in total. The molecule has 0 aliphatic carbocycles. The van der Waals surface area contributed by atoms with Crippen molar-refractivity contribution in [2.24, 2.45) is 0 Å². The molecule has 94 valence electrons. The van der Waals surface area contributed by atoms with Gasteiger partial charge in [0.05, 0.1) is 13.0 Å². The molecule has 0 aliphatic heterocycles. The van der Waals surface area contributed by atoms with E-state index in [1.807, 2.05) is 30.3 Å². The van der Waals surface area contributed by atoms with Crippen molar-refractivity contribution in [1.82, 2.24) is 5.32 Å². The Morgan fingerprint density at radius 3 is 2.71 bits per heavy atom. The van der Waals surface area contributed by atoms with E-state index >= 15 is 0 Å². The van der Waals surface area contributed by atoms with E-state index in [0.29, 0.717) is 13.0 Å². The predicted molar refractivity (Wildman–Crippen MR) is 68.9 cm³/mol. The van der Waals surface area contributed by atoms with Crippen LogP contribution in [0, 0.1) is 0 Å². The van der Waals surface area contributed by atoms with E-state index in [2.05, 4.69) is 12.2 Å². The lowest BCUT2D eigenvalue weighted by molar-refractivity contribution is -0.142. The van der Waals surface area contributed by atoms with Gasteiger partial charge in [0.25, 0.3) is 0 Å². The Bertz CT molecular complexity index is 311. The summed E-state index contributed by atoms with van der Waals surface area (Å²) in [6, 6.07) is 9.66. The van der Waals surface area contributed by atoms with Crippen LogP contribution in [0.15, 0.2) is 30.3 Å². The minimum atomic E-state index is -0.147. The molecule has 0 saturated carbocycles. The number of esters is 1. The highest BCUT2D eigenvalue weighted by molar-refractivity contribution is 5.72. The van der Waals surface area contributed by atoms with E-state index in [1.54, 1.807) is 0 Å². The van der Waals surface area contributed by atoms with Crippen LogP contribution in [0.4, 0.5) is 0 Å². The molecule has 0 aromatic heterocycles. The summed E-state index contributed by atoms with van der Waals surface area (Å²) in [6.45, 7) is 4.57. The molecule has 0 bridgehead atoms. The molecule has 0 fully saturated rings. The van der Waals surface area contributed by atoms with Gasteiger partial charge in [-0.2, -0.15) is 0 Å². The highest BCUT2D eigenvalue weighted by atomic mass is 16.5. The first-order valence-corrected chi connectivity index (χ1v) is 6.23. The number of nitrogens with one attached hydrogen (secondary N) is 1. The van der Waals surface area contributed by atoms with Gasteiger partial charge in [0.2, 0.25) is 0 Å². The second-order valence-electron chi connectivity index (χ2n) is 3.99. The summed E-state index contributed by atoms with van der Waals surface area (Å²) in [7, 11) is 0. The maximum atomic E-state index is 11.5. The first-order chi connectivity index (χ1) is 8.33. The van der Waals surface area contributed by atoms with E-state index in [0.717, 1.165) is 31.5 Å². The molecule has 0 aliphatic rings. The van der Waals surface area contributed by atoms with Crippen LogP contribution >= 0.6 is 0 Å². The van der Waals surface area contributed by atoms with Crippen LogP contribution in [0.2, 0.25) is 0 Å². The maximum Gasteiger partial charge on any atom is 0.310 e. The van der Waals surface area contributed by atoms with Crippen molar-refractivity contribution < 1.29 is 9.53 Å². The predicted octanol–water partition coefficient (Wildman–Crippen LogP) is 2.16. The number of hydrogen-bond acceptors (Lipinski definition) is 3. The number of hydrogen-bond donors (Lipinski definition) is 1. The molecule has 0 saturated heterocycles. The molecule has 0 radical (unpaired) electrons. The van der Waals surface area contributed by atoms with Gasteiger partial charge in [0, 0.05) is 0 Å². The largest absolute Gasteiger partial charge is 0.465 e. The second kappa shape index (κ2) is 8.76. The summed E-state index contributed by atoms with van der Waals surface area (Å²) < 4.78 is 5.15. The van der Waals surface area contributed by atoms with Crippen LogP contribution in [-0.4, -0.2) is 25.7 Å². The van der Waals surface area contributed by atoms with Crippen molar-refractivity contribution in [3.8, 4) is 0 Å². The molecule has 0 unspecified atom stereocenters. The lowest BCUT2D eigenvalue weighted by Crippen LogP contribution is -2.18. The zero-order chi connectivity index (χ0) is 12.3. The molecule has 0 heterocycles. The van der Waals surface area contributed by atoms with Crippen LogP contribution in [0.25, 0.3) is 0 Å². The zero-order valence-electron chi connectivity index (χ0n) is 10.4. The van der Waals surface area contributed by atoms with Crippen molar-refractivity contribution in [3.05, 3.63) is 35.9 Å². The van der Waals surface area contributed by atoms with Crippen LogP contribution < -0.4 is 5.32 Å². The van der Waals surface area contributed by atoms with Gasteiger partial charge in [-0.1, -0.05) is 37.3 Å². The monoisotopic (exact) mass is 235 g/mol. The smallest absolute Gasteiger partial charge is 0.310 e. The van der Waals surface area contributed by atoms with E-state index in [-0.39, 0.29) is 5.97 Å². The molecule has 3 heteroatoms. The molecule has 3 nitrogen and oxygen atoms in total. The zero-order valence-corrected chi connectivity index (χ0v) is 10.4. The van der Waals surface area contributed by atoms with Crippen LogP contribution in [0.3, 0.4) is 0 Å². The van der Waals surface area contributed by atoms with E-state index in [9.17, 15) is 4.79 Å². The topological polar surface area (TPSA) is 38.3 Å². The fraction of sp³-hybridized carbons (Fsp3) is 0.500. The van der Waals surface area contributed by atoms with Gasteiger partial charge in [-0.3, -0.25) is 4.79 Å². The first kappa shape index (κ1) is 13.7. The van der Waals surface area contributed by atoms with E-state index in [1.165, 1.54) is 0 Å². The van der Waals surface area contributed by atoms with Crippen LogP contribution in [-0.2, 0) is 16.0 Å². The fourth-order valence-corrected chi connectivity index (χ4v) is 1.50. The second-order valence-corrected chi connectivity index (χ2v) is 3.99. The van der Waals surface area contributed by atoms with Crippen molar-refractivity contribution in [2.75, 3.05) is 19.7 Å². The van der Waals surface area contributed by atoms with E-state index in [4.69, 9.17) is 4.74 Å². The molecule has 1 aromatic carbocycles. The first-order valence-electron chi connectivity index (χ1n) is 6.23. The lowest BCUT2D eigenvalue weighted by Gasteiger charge is -2.05. The lowest BCUT2D eigenvalue weighted by atomic mass is 10.2. The maximum absolute atomic E-state index is 11.5. The number of carbonyl (C=O) groups is 1. The van der Waals surface area contributed by atoms with Gasteiger partial charge in [0.1, 0.15) is 0 Å². The number of benzene rings is 1. The van der Waals surface area contributed by atoms with Crippen molar-refractivity contribution in [1.29, 1.82) is 0 Å². The summed E-state index contributed by atoms with van der Waals surface area (Å²) in [5.74, 6) is -0.147. The Balaban J connectivity index is 2.06. The molecule has 17 heavy (non-hydrogen) atoms. The summed E-state index contributed by atoms with van der Waals surface area (Å²) in [5.41, 5.74) is 1.00. The summed E-state index contributed by atoms with van der Waals surface area (Å²) in [4.78, 5) is 11.5. The van der Waals surface area contributed by atoms with Crippen molar-refractivity contribution >= 4 is 5.97 Å². The summed E-state index contributed by atoms with van der Waals surface area (Å²) in [6.07, 6.45) is 2.37. The Hall–Kier alpha value is -1.35. The minimum Gasteiger partial charge on any atom is -0.465 e. The Morgan fingerprint density at radius 1 is 1.24 bits per heavy atom. The molecule has 0 amide bonds. The molecule has 1 rings (SSSR count). The average Bonchev–Trinajstić information content (AvgIpc) is 2.35. The fourth-order valence-electron chi connectivity index (χ4n) is 1.50. The molecular weight excluding hydrogens is 214 g/mol. The molecular formula is C14H21NO2. The molecule has 0 spiro atoms. The van der Waals surface area contributed by atoms with Gasteiger partial charge >= 0.3 is 5.97 Å². The van der Waals surface area contributed by atoms with Gasteiger partial charge in [-0.25, -0.2) is 0 Å². The normalized spacial score (nSPS) is 10.2. The summed E-state index contributed by atoms with van der Waals surface area (Å²) in [5, 5.41) is 3.27. The Labute approximate surface area is 103 Å². The Morgan fingerprint density at radius 2 is 2.00 bits per heavy atom. The number of rotatable bonds is 8. The molecule has 0 atom stereocenters. The van der Waals surface area contributed by atoms with Gasteiger partial charge in [-0.15, -0.1) is 0 Å². The Kier molecular flexibility index (Phi) is 7.07. The third-order valence-corrected chi connectivity index (χ3v) is 2.38. The highest BCUT2D eigenvalue weighted by Gasteiger charge is 2.03. The minimum absolute atomic E-state index is 0.147. The van der Waals surface area contributed by atoms with Crippen LogP contribution in [0.1, 0.15) is 25.3 Å². The third-order valence-electron chi connectivity index (χ3n) is 2.38. The molecule has 1 aromatic rings. The standard InChI is InChI=1S/C14H21NO2/c1-2-9-15-10-6-11-17-14(16)12-13-7-4-3-5-8-13/h3-5,7-8,15H,2,6,9-12H2,1H3. The quantitative estimate of drug-likeness (QED) is 0.554. The van der Waals surface area contributed by atoms with Crippen LogP contribution in [0.5, 0.6) is 0 Å². The summed E-state index contributed by atoms with van der Waals surface area (Å²) >= 11 is 0. The van der Waals surface area contributed by atoms with E-state index < -0.39 is 0 Å². The van der Waals surface area contributed by atoms with Gasteiger partial charge in [0.15, 0.2) is 0 Å². The SMILES string of the molecule is CCCNCCCOC(=O)Cc1ccccc1. The number of ether oxygens (including phenoxy) is 1. The third kappa shape index (κ3) is 6.74. The highest BCUT2D eigenvalue weighted by Crippen LogP contribution is 2.00. The average molecular weight is 235 g/mol. The van der Waals surface area contributed by atoms with Gasteiger partial charge < -0.3 is 10.1 Å².